The van der Waals surface area contributed by atoms with Crippen molar-refractivity contribution in [3.63, 3.8) is 0 Å². The Morgan fingerprint density at radius 3 is 2.86 bits per heavy atom. The van der Waals surface area contributed by atoms with Gasteiger partial charge in [-0.1, -0.05) is 0 Å². The summed E-state index contributed by atoms with van der Waals surface area (Å²) in [6.45, 7) is 2.00. The Morgan fingerprint density at radius 1 is 1.33 bits per heavy atom. The molecule has 1 aromatic rings. The SMILES string of the molecule is N#Cc1ccc(S(=O)(=O)NC2CCN3CCCC23)c(N)c1. The highest BCUT2D eigenvalue weighted by molar-refractivity contribution is 7.89. The first-order valence-electron chi connectivity index (χ1n) is 7.07. The van der Waals surface area contributed by atoms with E-state index in [-0.39, 0.29) is 16.6 Å². The highest BCUT2D eigenvalue weighted by Gasteiger charge is 2.39. The van der Waals surface area contributed by atoms with Crippen molar-refractivity contribution in [2.24, 2.45) is 0 Å². The van der Waals surface area contributed by atoms with Crippen LogP contribution in [0.15, 0.2) is 23.1 Å². The number of hydrogen-bond donors (Lipinski definition) is 2. The van der Waals surface area contributed by atoms with Gasteiger partial charge in [0.15, 0.2) is 0 Å². The van der Waals surface area contributed by atoms with Gasteiger partial charge >= 0.3 is 0 Å². The van der Waals surface area contributed by atoms with Crippen LogP contribution in [0.5, 0.6) is 0 Å². The van der Waals surface area contributed by atoms with Gasteiger partial charge in [0, 0.05) is 18.6 Å². The molecule has 0 amide bonds. The van der Waals surface area contributed by atoms with Crippen LogP contribution < -0.4 is 10.5 Å². The van der Waals surface area contributed by atoms with Crippen molar-refractivity contribution in [2.45, 2.75) is 36.2 Å². The summed E-state index contributed by atoms with van der Waals surface area (Å²) >= 11 is 0. The number of nitrogens with one attached hydrogen (secondary N) is 1. The summed E-state index contributed by atoms with van der Waals surface area (Å²) in [4.78, 5) is 2.40. The zero-order chi connectivity index (χ0) is 15.0. The number of benzene rings is 1. The number of nitrogens with two attached hydrogens (primary N) is 1. The summed E-state index contributed by atoms with van der Waals surface area (Å²) < 4.78 is 27.8. The molecule has 0 spiro atoms. The van der Waals surface area contributed by atoms with Crippen LogP contribution >= 0.6 is 0 Å². The van der Waals surface area contributed by atoms with Gasteiger partial charge in [0.2, 0.25) is 10.0 Å². The highest BCUT2D eigenvalue weighted by Crippen LogP contribution is 2.29. The largest absolute Gasteiger partial charge is 0.398 e. The monoisotopic (exact) mass is 306 g/mol. The van der Waals surface area contributed by atoms with Gasteiger partial charge < -0.3 is 5.73 Å². The number of nitriles is 1. The fraction of sp³-hybridized carbons (Fsp3) is 0.500. The third-order valence-corrected chi connectivity index (χ3v) is 5.90. The van der Waals surface area contributed by atoms with Gasteiger partial charge in [-0.15, -0.1) is 0 Å². The van der Waals surface area contributed by atoms with E-state index in [0.29, 0.717) is 11.6 Å². The first-order valence-corrected chi connectivity index (χ1v) is 8.55. The van der Waals surface area contributed by atoms with Crippen molar-refractivity contribution in [3.05, 3.63) is 23.8 Å². The van der Waals surface area contributed by atoms with Gasteiger partial charge in [0.1, 0.15) is 4.90 Å². The third-order valence-electron chi connectivity index (χ3n) is 4.34. The van der Waals surface area contributed by atoms with Gasteiger partial charge in [0.25, 0.3) is 0 Å². The van der Waals surface area contributed by atoms with Crippen molar-refractivity contribution in [3.8, 4) is 6.07 Å². The lowest BCUT2D eigenvalue weighted by Crippen LogP contribution is -2.42. The van der Waals surface area contributed by atoms with E-state index in [0.717, 1.165) is 32.4 Å². The minimum Gasteiger partial charge on any atom is -0.398 e. The van der Waals surface area contributed by atoms with E-state index in [4.69, 9.17) is 11.0 Å². The number of sulfonamides is 1. The molecule has 2 atom stereocenters. The molecule has 2 heterocycles. The summed E-state index contributed by atoms with van der Waals surface area (Å²) in [6.07, 6.45) is 3.00. The molecule has 2 fully saturated rings. The predicted octanol–water partition coefficient (Wildman–Crippen LogP) is 0.655. The van der Waals surface area contributed by atoms with Gasteiger partial charge in [-0.25, -0.2) is 13.1 Å². The van der Waals surface area contributed by atoms with Crippen LogP contribution in [0.2, 0.25) is 0 Å². The zero-order valence-corrected chi connectivity index (χ0v) is 12.4. The standard InChI is InChI=1S/C14H18N4O2S/c15-9-10-3-4-14(11(16)8-10)21(19,20)17-12-5-7-18-6-1-2-13(12)18/h3-4,8,12-13,17H,1-2,5-7,16H2. The van der Waals surface area contributed by atoms with E-state index >= 15 is 0 Å². The average Bonchev–Trinajstić information content (AvgIpc) is 3.03. The Labute approximate surface area is 124 Å². The van der Waals surface area contributed by atoms with Crippen molar-refractivity contribution >= 4 is 15.7 Å². The predicted molar refractivity (Wildman–Crippen MR) is 78.9 cm³/mol. The van der Waals surface area contributed by atoms with Crippen LogP contribution in [0.4, 0.5) is 5.69 Å². The van der Waals surface area contributed by atoms with E-state index in [1.165, 1.54) is 18.2 Å². The smallest absolute Gasteiger partial charge is 0.242 e. The molecule has 2 aliphatic rings. The van der Waals surface area contributed by atoms with Crippen LogP contribution in [0.3, 0.4) is 0 Å². The van der Waals surface area contributed by atoms with E-state index in [1.807, 2.05) is 6.07 Å². The maximum atomic E-state index is 12.5. The number of fused-ring (bicyclic) bond motifs is 1. The lowest BCUT2D eigenvalue weighted by atomic mass is 10.1. The van der Waals surface area contributed by atoms with Gasteiger partial charge in [-0.3, -0.25) is 4.90 Å². The fourth-order valence-corrected chi connectivity index (χ4v) is 4.76. The maximum Gasteiger partial charge on any atom is 0.242 e. The molecule has 7 heteroatoms. The molecule has 3 rings (SSSR count). The Morgan fingerprint density at radius 2 is 2.14 bits per heavy atom. The number of nitrogen functional groups attached to an aromatic ring is 1. The van der Waals surface area contributed by atoms with Crippen LogP contribution in [0, 0.1) is 11.3 Å². The molecule has 2 unspecified atom stereocenters. The number of hydrogen-bond acceptors (Lipinski definition) is 5. The van der Waals surface area contributed by atoms with Gasteiger partial charge in [0.05, 0.1) is 17.3 Å². The normalized spacial score (nSPS) is 25.7. The molecule has 21 heavy (non-hydrogen) atoms. The summed E-state index contributed by atoms with van der Waals surface area (Å²) in [6, 6.07) is 6.47. The van der Waals surface area contributed by atoms with Crippen LogP contribution in [0.1, 0.15) is 24.8 Å². The molecule has 2 saturated heterocycles. The lowest BCUT2D eigenvalue weighted by Gasteiger charge is -2.21. The molecule has 0 aromatic heterocycles. The molecule has 1 aromatic carbocycles. The fourth-order valence-electron chi connectivity index (χ4n) is 3.35. The molecule has 0 radical (unpaired) electrons. The van der Waals surface area contributed by atoms with E-state index in [1.54, 1.807) is 0 Å². The second-order valence-corrected chi connectivity index (χ2v) is 7.31. The zero-order valence-electron chi connectivity index (χ0n) is 11.6. The second-order valence-electron chi connectivity index (χ2n) is 5.63. The molecular weight excluding hydrogens is 288 g/mol. The molecule has 112 valence electrons. The molecule has 0 saturated carbocycles. The third kappa shape index (κ3) is 2.62. The molecule has 2 aliphatic heterocycles. The van der Waals surface area contributed by atoms with Crippen molar-refractivity contribution in [2.75, 3.05) is 18.8 Å². The topological polar surface area (TPSA) is 99.2 Å². The molecule has 0 bridgehead atoms. The van der Waals surface area contributed by atoms with Gasteiger partial charge in [-0.05, 0) is 44.0 Å². The lowest BCUT2D eigenvalue weighted by molar-refractivity contribution is 0.309. The van der Waals surface area contributed by atoms with Crippen LogP contribution in [-0.2, 0) is 10.0 Å². The Kier molecular flexibility index (Phi) is 3.61. The molecule has 6 nitrogen and oxygen atoms in total. The highest BCUT2D eigenvalue weighted by atomic mass is 32.2. The molecule has 3 N–H and O–H groups in total. The minimum absolute atomic E-state index is 0.0486. The summed E-state index contributed by atoms with van der Waals surface area (Å²) in [5.74, 6) is 0. The quantitative estimate of drug-likeness (QED) is 0.799. The minimum atomic E-state index is -3.65. The average molecular weight is 306 g/mol. The Bertz CT molecular complexity index is 695. The molecular formula is C14H18N4O2S. The van der Waals surface area contributed by atoms with E-state index < -0.39 is 10.0 Å². The van der Waals surface area contributed by atoms with Crippen molar-refractivity contribution in [1.29, 1.82) is 5.26 Å². The summed E-state index contributed by atoms with van der Waals surface area (Å²) in [7, 11) is -3.65. The first-order chi connectivity index (χ1) is 10.0. The summed E-state index contributed by atoms with van der Waals surface area (Å²) in [5.41, 5.74) is 6.25. The van der Waals surface area contributed by atoms with E-state index in [2.05, 4.69) is 9.62 Å². The number of anilines is 1. The Hall–Kier alpha value is -1.62. The van der Waals surface area contributed by atoms with Gasteiger partial charge in [-0.2, -0.15) is 5.26 Å². The van der Waals surface area contributed by atoms with Crippen LogP contribution in [-0.4, -0.2) is 38.5 Å². The van der Waals surface area contributed by atoms with Crippen LogP contribution in [0.25, 0.3) is 0 Å². The Balaban J connectivity index is 1.83. The first kappa shape index (κ1) is 14.3. The molecule has 0 aliphatic carbocycles. The summed E-state index contributed by atoms with van der Waals surface area (Å²) in [5, 5.41) is 8.81. The maximum absolute atomic E-state index is 12.5. The van der Waals surface area contributed by atoms with Crippen molar-refractivity contribution in [1.82, 2.24) is 9.62 Å². The second kappa shape index (κ2) is 5.30. The van der Waals surface area contributed by atoms with Crippen molar-refractivity contribution < 1.29 is 8.42 Å². The number of nitrogens with zero attached hydrogens (tertiary/aromatic N) is 2. The number of rotatable bonds is 3. The van der Waals surface area contributed by atoms with E-state index in [9.17, 15) is 8.42 Å².